The van der Waals surface area contributed by atoms with Crippen molar-refractivity contribution in [3.63, 3.8) is 0 Å². The zero-order valence-corrected chi connectivity index (χ0v) is 15.7. The molecule has 8 nitrogen and oxygen atoms in total. The smallest absolute Gasteiger partial charge is 0.231 e. The number of ether oxygens (including phenoxy) is 1. The third-order valence-corrected chi connectivity index (χ3v) is 4.91. The van der Waals surface area contributed by atoms with E-state index in [0.717, 1.165) is 41.2 Å². The Morgan fingerprint density at radius 3 is 2.89 bits per heavy atom. The number of pyridine rings is 1. The van der Waals surface area contributed by atoms with Crippen LogP contribution in [0.25, 0.3) is 28.1 Å². The molecule has 0 bridgehead atoms. The van der Waals surface area contributed by atoms with Gasteiger partial charge in [0.1, 0.15) is 23.7 Å². The molecule has 0 aromatic carbocycles. The first-order chi connectivity index (χ1) is 13.7. The molecule has 1 aliphatic rings. The summed E-state index contributed by atoms with van der Waals surface area (Å²) in [6.07, 6.45) is 5.96. The Morgan fingerprint density at radius 1 is 1.21 bits per heavy atom. The van der Waals surface area contributed by atoms with Gasteiger partial charge in [-0.25, -0.2) is 14.5 Å². The van der Waals surface area contributed by atoms with Crippen molar-refractivity contribution in [3.05, 3.63) is 36.7 Å². The maximum Gasteiger partial charge on any atom is 0.231 e. The van der Waals surface area contributed by atoms with E-state index in [2.05, 4.69) is 20.0 Å². The minimum atomic E-state index is -0.0633. The maximum atomic E-state index is 6.13. The summed E-state index contributed by atoms with van der Waals surface area (Å²) in [5.74, 6) is 2.18. The van der Waals surface area contributed by atoms with Gasteiger partial charge in [0.2, 0.25) is 5.88 Å². The first kappa shape index (κ1) is 17.0. The van der Waals surface area contributed by atoms with Crippen LogP contribution < -0.4 is 15.4 Å². The average molecular weight is 378 g/mol. The number of rotatable bonds is 5. The number of imidazole rings is 1. The second-order valence-electron chi connectivity index (χ2n) is 7.22. The molecule has 1 aliphatic heterocycles. The molecule has 4 aromatic heterocycles. The summed E-state index contributed by atoms with van der Waals surface area (Å²) in [6.45, 7) is 4.35. The molecule has 2 N–H and O–H groups in total. The molecule has 28 heavy (non-hydrogen) atoms. The van der Waals surface area contributed by atoms with Crippen molar-refractivity contribution in [1.29, 1.82) is 0 Å². The molecule has 1 fully saturated rings. The molecular formula is C20H22N6O2. The summed E-state index contributed by atoms with van der Waals surface area (Å²) in [6, 6.07) is 7.52. The van der Waals surface area contributed by atoms with E-state index in [1.54, 1.807) is 23.0 Å². The lowest BCUT2D eigenvalue weighted by Crippen LogP contribution is -2.24. The fourth-order valence-electron chi connectivity index (χ4n) is 3.57. The topological polar surface area (TPSA) is 94.7 Å². The Hall–Kier alpha value is -3.13. The lowest BCUT2D eigenvalue weighted by Gasteiger charge is -2.16. The Labute approximate surface area is 161 Å². The van der Waals surface area contributed by atoms with Crippen molar-refractivity contribution in [1.82, 2.24) is 19.6 Å². The number of aromatic nitrogens is 4. The molecule has 0 amide bonds. The highest BCUT2D eigenvalue weighted by Crippen LogP contribution is 2.34. The van der Waals surface area contributed by atoms with Crippen LogP contribution in [0.5, 0.6) is 5.88 Å². The molecule has 1 saturated heterocycles. The summed E-state index contributed by atoms with van der Waals surface area (Å²) >= 11 is 0. The molecule has 0 radical (unpaired) electrons. The number of furan rings is 1. The van der Waals surface area contributed by atoms with E-state index in [9.17, 15) is 0 Å². The SMILES string of the molecule is C[C@H](N)COc1ccc2ncc(-c3cc4c(N5CCCC5)nccc4o3)n2n1. The molecule has 0 aliphatic carbocycles. The second-order valence-corrected chi connectivity index (χ2v) is 7.22. The molecule has 1 atom stereocenters. The highest BCUT2D eigenvalue weighted by molar-refractivity contribution is 5.92. The second kappa shape index (κ2) is 6.79. The van der Waals surface area contributed by atoms with Gasteiger partial charge in [-0.2, -0.15) is 0 Å². The maximum absolute atomic E-state index is 6.13. The molecule has 0 spiro atoms. The van der Waals surface area contributed by atoms with Gasteiger partial charge in [0.15, 0.2) is 11.4 Å². The van der Waals surface area contributed by atoms with Crippen LogP contribution in [0.1, 0.15) is 19.8 Å². The van der Waals surface area contributed by atoms with Gasteiger partial charge in [0.05, 0.1) is 11.6 Å². The number of hydrogen-bond acceptors (Lipinski definition) is 7. The highest BCUT2D eigenvalue weighted by Gasteiger charge is 2.20. The predicted molar refractivity (Wildman–Crippen MR) is 107 cm³/mol. The van der Waals surface area contributed by atoms with Gasteiger partial charge in [-0.15, -0.1) is 5.10 Å². The van der Waals surface area contributed by atoms with E-state index in [-0.39, 0.29) is 6.04 Å². The number of nitrogens with zero attached hydrogens (tertiary/aromatic N) is 5. The summed E-state index contributed by atoms with van der Waals surface area (Å²) in [5, 5.41) is 5.56. The zero-order chi connectivity index (χ0) is 19.1. The normalized spacial score (nSPS) is 15.6. The average Bonchev–Trinajstić information content (AvgIpc) is 3.43. The number of fused-ring (bicyclic) bond motifs is 2. The quantitative estimate of drug-likeness (QED) is 0.570. The summed E-state index contributed by atoms with van der Waals surface area (Å²) in [4.78, 5) is 11.3. The minimum absolute atomic E-state index is 0.0633. The van der Waals surface area contributed by atoms with E-state index in [0.29, 0.717) is 18.2 Å². The van der Waals surface area contributed by atoms with Crippen molar-refractivity contribution in [2.45, 2.75) is 25.8 Å². The molecule has 144 valence electrons. The minimum Gasteiger partial charge on any atom is -0.475 e. The Kier molecular flexibility index (Phi) is 4.12. The first-order valence-corrected chi connectivity index (χ1v) is 9.56. The molecule has 5 rings (SSSR count). The van der Waals surface area contributed by atoms with Gasteiger partial charge in [0.25, 0.3) is 0 Å². The van der Waals surface area contributed by atoms with Crippen molar-refractivity contribution in [3.8, 4) is 17.3 Å². The van der Waals surface area contributed by atoms with Crippen molar-refractivity contribution in [2.24, 2.45) is 5.73 Å². The van der Waals surface area contributed by atoms with Crippen LogP contribution in [0, 0.1) is 0 Å². The van der Waals surface area contributed by atoms with Crippen LogP contribution in [0.2, 0.25) is 0 Å². The van der Waals surface area contributed by atoms with Crippen LogP contribution in [0.3, 0.4) is 0 Å². The molecular weight excluding hydrogens is 356 g/mol. The Morgan fingerprint density at radius 2 is 2.07 bits per heavy atom. The van der Waals surface area contributed by atoms with Crippen LogP contribution >= 0.6 is 0 Å². The van der Waals surface area contributed by atoms with E-state index < -0.39 is 0 Å². The van der Waals surface area contributed by atoms with Gasteiger partial charge in [-0.1, -0.05) is 0 Å². The van der Waals surface area contributed by atoms with Crippen molar-refractivity contribution in [2.75, 3.05) is 24.6 Å². The lowest BCUT2D eigenvalue weighted by atomic mass is 10.2. The molecule has 0 saturated carbocycles. The van der Waals surface area contributed by atoms with Gasteiger partial charge < -0.3 is 19.8 Å². The Balaban J connectivity index is 1.56. The third kappa shape index (κ3) is 2.95. The van der Waals surface area contributed by atoms with E-state index in [4.69, 9.17) is 14.9 Å². The van der Waals surface area contributed by atoms with Gasteiger partial charge in [0, 0.05) is 31.4 Å². The van der Waals surface area contributed by atoms with Gasteiger partial charge >= 0.3 is 0 Å². The zero-order valence-electron chi connectivity index (χ0n) is 15.7. The monoisotopic (exact) mass is 378 g/mol. The van der Waals surface area contributed by atoms with E-state index in [1.807, 2.05) is 25.1 Å². The number of anilines is 1. The molecule has 0 unspecified atom stereocenters. The molecule has 5 heterocycles. The number of nitrogens with two attached hydrogens (primary N) is 1. The summed E-state index contributed by atoms with van der Waals surface area (Å²) < 4.78 is 13.5. The van der Waals surface area contributed by atoms with Crippen LogP contribution in [0.4, 0.5) is 5.82 Å². The summed E-state index contributed by atoms with van der Waals surface area (Å²) in [5.41, 5.74) is 8.07. The number of hydrogen-bond donors (Lipinski definition) is 1. The molecule has 8 heteroatoms. The third-order valence-electron chi connectivity index (χ3n) is 4.91. The van der Waals surface area contributed by atoms with Crippen molar-refractivity contribution >= 4 is 22.4 Å². The summed E-state index contributed by atoms with van der Waals surface area (Å²) in [7, 11) is 0. The van der Waals surface area contributed by atoms with E-state index >= 15 is 0 Å². The van der Waals surface area contributed by atoms with Crippen LogP contribution in [-0.2, 0) is 0 Å². The van der Waals surface area contributed by atoms with Crippen LogP contribution in [-0.4, -0.2) is 45.3 Å². The molecule has 4 aromatic rings. The fraction of sp³-hybridized carbons (Fsp3) is 0.350. The van der Waals surface area contributed by atoms with Crippen LogP contribution in [0.15, 0.2) is 41.1 Å². The highest BCUT2D eigenvalue weighted by atomic mass is 16.5. The Bertz CT molecular complexity index is 1130. The lowest BCUT2D eigenvalue weighted by molar-refractivity contribution is 0.281. The standard InChI is InChI=1S/C20H22N6O2/c1-13(21)12-27-19-5-4-18-23-11-15(26(18)24-19)17-10-14-16(28-17)6-7-22-20(14)25-8-2-3-9-25/h4-7,10-11,13H,2-3,8-9,12,21H2,1H3/t13-/m0/s1. The van der Waals surface area contributed by atoms with E-state index in [1.165, 1.54) is 12.8 Å². The van der Waals surface area contributed by atoms with Gasteiger partial charge in [-0.05, 0) is 38.0 Å². The predicted octanol–water partition coefficient (Wildman–Crippen LogP) is 2.86. The van der Waals surface area contributed by atoms with Gasteiger partial charge in [-0.3, -0.25) is 0 Å². The fourth-order valence-corrected chi connectivity index (χ4v) is 3.57. The van der Waals surface area contributed by atoms with Crippen molar-refractivity contribution < 1.29 is 9.15 Å². The largest absolute Gasteiger partial charge is 0.475 e. The first-order valence-electron chi connectivity index (χ1n) is 9.56.